The zero-order chi connectivity index (χ0) is 15.6. The first-order chi connectivity index (χ1) is 11.3. The van der Waals surface area contributed by atoms with E-state index in [1.165, 1.54) is 5.56 Å². The molecule has 23 heavy (non-hydrogen) atoms. The maximum atomic E-state index is 13.0. The molecule has 1 aromatic carbocycles. The predicted molar refractivity (Wildman–Crippen MR) is 88.2 cm³/mol. The minimum Gasteiger partial charge on any atom is -0.334 e. The number of aromatic amines is 1. The third kappa shape index (κ3) is 2.77. The Kier molecular flexibility index (Phi) is 3.87. The second kappa shape index (κ2) is 6.16. The summed E-state index contributed by atoms with van der Waals surface area (Å²) in [5, 5.41) is 10.7. The van der Waals surface area contributed by atoms with E-state index in [4.69, 9.17) is 0 Å². The number of hydrogen-bond donors (Lipinski definition) is 2. The molecule has 2 aliphatic rings. The summed E-state index contributed by atoms with van der Waals surface area (Å²) in [6.45, 7) is 2.53. The Morgan fingerprint density at radius 2 is 2.17 bits per heavy atom. The molecule has 3 heterocycles. The van der Waals surface area contributed by atoms with Crippen molar-refractivity contribution in [3.8, 4) is 0 Å². The van der Waals surface area contributed by atoms with Crippen LogP contribution in [-0.4, -0.2) is 40.1 Å². The van der Waals surface area contributed by atoms with Crippen LogP contribution < -0.4 is 5.32 Å². The molecule has 1 fully saturated rings. The lowest BCUT2D eigenvalue weighted by Crippen LogP contribution is -2.38. The largest absolute Gasteiger partial charge is 0.334 e. The van der Waals surface area contributed by atoms with Gasteiger partial charge in [-0.15, -0.1) is 0 Å². The number of hydrogen-bond acceptors (Lipinski definition) is 3. The van der Waals surface area contributed by atoms with Crippen molar-refractivity contribution < 1.29 is 4.79 Å². The maximum Gasteiger partial charge on any atom is 0.274 e. The number of fused-ring (bicyclic) bond motifs is 1. The van der Waals surface area contributed by atoms with Crippen LogP contribution in [-0.2, 0) is 19.4 Å². The Morgan fingerprint density at radius 3 is 3.04 bits per heavy atom. The van der Waals surface area contributed by atoms with Gasteiger partial charge in [-0.1, -0.05) is 30.3 Å². The van der Waals surface area contributed by atoms with Gasteiger partial charge >= 0.3 is 0 Å². The number of benzene rings is 1. The second-order valence-electron chi connectivity index (χ2n) is 6.44. The summed E-state index contributed by atoms with van der Waals surface area (Å²) in [4.78, 5) is 15.0. The average Bonchev–Trinajstić information content (AvgIpc) is 3.22. The Hall–Kier alpha value is -2.14. The molecule has 2 aromatic rings. The number of nitrogens with one attached hydrogen (secondary N) is 2. The topological polar surface area (TPSA) is 61.0 Å². The molecular weight excluding hydrogens is 288 g/mol. The van der Waals surface area contributed by atoms with Crippen molar-refractivity contribution in [3.63, 3.8) is 0 Å². The molecule has 1 amide bonds. The van der Waals surface area contributed by atoms with Gasteiger partial charge in [-0.25, -0.2) is 0 Å². The molecule has 1 aromatic heterocycles. The van der Waals surface area contributed by atoms with Gasteiger partial charge in [0.1, 0.15) is 0 Å². The van der Waals surface area contributed by atoms with E-state index in [-0.39, 0.29) is 11.9 Å². The second-order valence-corrected chi connectivity index (χ2v) is 6.44. The molecule has 4 rings (SSSR count). The molecule has 0 saturated carbocycles. The summed E-state index contributed by atoms with van der Waals surface area (Å²) < 4.78 is 0. The summed E-state index contributed by atoms with van der Waals surface area (Å²) in [5.41, 5.74) is 4.09. The van der Waals surface area contributed by atoms with Gasteiger partial charge in [0.15, 0.2) is 5.69 Å². The SMILES string of the molecule is O=C(c1n[nH]c2c1CNCC2)N1CCCC1Cc1ccccc1. The van der Waals surface area contributed by atoms with Crippen molar-refractivity contribution in [1.29, 1.82) is 0 Å². The first-order valence-electron chi connectivity index (χ1n) is 8.44. The van der Waals surface area contributed by atoms with Crippen molar-refractivity contribution in [2.24, 2.45) is 0 Å². The molecule has 0 radical (unpaired) electrons. The van der Waals surface area contributed by atoms with Crippen molar-refractivity contribution >= 4 is 5.91 Å². The van der Waals surface area contributed by atoms with E-state index in [1.54, 1.807) is 0 Å². The standard InChI is InChI=1S/C18H22N4O/c23-18(17-15-12-19-9-8-16(15)20-21-17)22-10-4-7-14(22)11-13-5-2-1-3-6-13/h1-3,5-6,14,19H,4,7-12H2,(H,20,21). The van der Waals surface area contributed by atoms with Gasteiger partial charge < -0.3 is 10.2 Å². The molecule has 0 bridgehead atoms. The van der Waals surface area contributed by atoms with E-state index in [0.717, 1.165) is 56.6 Å². The van der Waals surface area contributed by atoms with Crippen LogP contribution in [0.25, 0.3) is 0 Å². The number of H-pyrrole nitrogens is 1. The Labute approximate surface area is 136 Å². The molecule has 5 nitrogen and oxygen atoms in total. The van der Waals surface area contributed by atoms with Crippen molar-refractivity contribution in [2.75, 3.05) is 13.1 Å². The van der Waals surface area contributed by atoms with Gasteiger partial charge in [0.25, 0.3) is 5.91 Å². The lowest BCUT2D eigenvalue weighted by atomic mass is 10.0. The first kappa shape index (κ1) is 14.5. The van der Waals surface area contributed by atoms with E-state index < -0.39 is 0 Å². The van der Waals surface area contributed by atoms with E-state index in [1.807, 2.05) is 11.0 Å². The average molecular weight is 310 g/mol. The molecule has 1 saturated heterocycles. The zero-order valence-corrected chi connectivity index (χ0v) is 13.2. The Morgan fingerprint density at radius 1 is 1.30 bits per heavy atom. The highest BCUT2D eigenvalue weighted by Crippen LogP contribution is 2.25. The van der Waals surface area contributed by atoms with Crippen LogP contribution in [0.4, 0.5) is 0 Å². The van der Waals surface area contributed by atoms with Crippen LogP contribution in [0.15, 0.2) is 30.3 Å². The quantitative estimate of drug-likeness (QED) is 0.910. The van der Waals surface area contributed by atoms with Gasteiger partial charge in [0, 0.05) is 43.4 Å². The fourth-order valence-electron chi connectivity index (χ4n) is 3.74. The van der Waals surface area contributed by atoms with Crippen molar-refractivity contribution in [2.45, 2.75) is 38.3 Å². The van der Waals surface area contributed by atoms with Gasteiger partial charge in [-0.05, 0) is 24.8 Å². The number of nitrogens with zero attached hydrogens (tertiary/aromatic N) is 2. The highest BCUT2D eigenvalue weighted by molar-refractivity contribution is 5.94. The highest BCUT2D eigenvalue weighted by Gasteiger charge is 2.33. The smallest absolute Gasteiger partial charge is 0.274 e. The number of carbonyl (C=O) groups is 1. The van der Waals surface area contributed by atoms with Crippen LogP contribution in [0.2, 0.25) is 0 Å². The normalized spacial score (nSPS) is 20.5. The molecule has 2 N–H and O–H groups in total. The van der Waals surface area contributed by atoms with Crippen molar-refractivity contribution in [1.82, 2.24) is 20.4 Å². The molecule has 0 aliphatic carbocycles. The predicted octanol–water partition coefficient (Wildman–Crippen LogP) is 1.90. The van der Waals surface area contributed by atoms with E-state index in [2.05, 4.69) is 39.8 Å². The lowest BCUT2D eigenvalue weighted by Gasteiger charge is -2.25. The Bertz CT molecular complexity index is 694. The third-order valence-corrected chi connectivity index (χ3v) is 4.96. The summed E-state index contributed by atoms with van der Waals surface area (Å²) in [6, 6.07) is 10.7. The summed E-state index contributed by atoms with van der Waals surface area (Å²) in [7, 11) is 0. The number of amides is 1. The number of aromatic nitrogens is 2. The minimum absolute atomic E-state index is 0.0876. The first-order valence-corrected chi connectivity index (χ1v) is 8.44. The monoisotopic (exact) mass is 310 g/mol. The summed E-state index contributed by atoms with van der Waals surface area (Å²) in [5.74, 6) is 0.0876. The lowest BCUT2D eigenvalue weighted by molar-refractivity contribution is 0.0729. The molecule has 2 aliphatic heterocycles. The minimum atomic E-state index is 0.0876. The number of rotatable bonds is 3. The van der Waals surface area contributed by atoms with Crippen LogP contribution in [0, 0.1) is 0 Å². The fourth-order valence-corrected chi connectivity index (χ4v) is 3.74. The summed E-state index contributed by atoms with van der Waals surface area (Å²) >= 11 is 0. The number of likely N-dealkylation sites (tertiary alicyclic amines) is 1. The molecule has 120 valence electrons. The molecule has 1 atom stereocenters. The van der Waals surface area contributed by atoms with Gasteiger partial charge in [0.2, 0.25) is 0 Å². The molecular formula is C18H22N4O. The van der Waals surface area contributed by atoms with Crippen LogP contribution in [0.5, 0.6) is 0 Å². The zero-order valence-electron chi connectivity index (χ0n) is 13.2. The maximum absolute atomic E-state index is 13.0. The van der Waals surface area contributed by atoms with Crippen LogP contribution in [0.3, 0.4) is 0 Å². The van der Waals surface area contributed by atoms with E-state index >= 15 is 0 Å². The highest BCUT2D eigenvalue weighted by atomic mass is 16.2. The molecule has 1 unspecified atom stereocenters. The van der Waals surface area contributed by atoms with Crippen LogP contribution >= 0.6 is 0 Å². The summed E-state index contributed by atoms with van der Waals surface area (Å²) in [6.07, 6.45) is 4.00. The van der Waals surface area contributed by atoms with Gasteiger partial charge in [0.05, 0.1) is 0 Å². The molecule has 0 spiro atoms. The number of carbonyl (C=O) groups excluding carboxylic acids is 1. The van der Waals surface area contributed by atoms with Crippen LogP contribution in [0.1, 0.15) is 40.2 Å². The molecule has 5 heteroatoms. The van der Waals surface area contributed by atoms with E-state index in [0.29, 0.717) is 5.69 Å². The van der Waals surface area contributed by atoms with Gasteiger partial charge in [-0.3, -0.25) is 9.89 Å². The van der Waals surface area contributed by atoms with Gasteiger partial charge in [-0.2, -0.15) is 5.10 Å². The van der Waals surface area contributed by atoms with E-state index in [9.17, 15) is 4.79 Å². The fraction of sp³-hybridized carbons (Fsp3) is 0.444. The third-order valence-electron chi connectivity index (χ3n) is 4.96. The van der Waals surface area contributed by atoms with Crippen molar-refractivity contribution in [3.05, 3.63) is 52.8 Å². The Balaban J connectivity index is 1.54.